The zero-order chi connectivity index (χ0) is 24.3. The molecule has 2 aliphatic heterocycles. The van der Waals surface area contributed by atoms with Crippen LogP contribution >= 0.6 is 0 Å². The van der Waals surface area contributed by atoms with Crippen molar-refractivity contribution in [3.8, 4) is 0 Å². The number of aromatic nitrogens is 2. The molecule has 5 heteroatoms. The Hall–Kier alpha value is -3.70. The molecule has 4 aromatic rings. The first kappa shape index (κ1) is 21.6. The zero-order valence-corrected chi connectivity index (χ0v) is 20.6. The minimum absolute atomic E-state index is 0.210. The van der Waals surface area contributed by atoms with Gasteiger partial charge in [-0.05, 0) is 72.8 Å². The average molecular weight is 475 g/mol. The van der Waals surface area contributed by atoms with Crippen LogP contribution in [0.3, 0.4) is 0 Å². The number of likely N-dealkylation sites (N-methyl/N-ethyl adjacent to an activating group) is 1. The molecule has 3 aromatic carbocycles. The minimum atomic E-state index is -0.400. The number of likely N-dealkylation sites (tertiary alicyclic amines) is 1. The summed E-state index contributed by atoms with van der Waals surface area (Å²) in [5.74, 6) is 0.426. The van der Waals surface area contributed by atoms with E-state index in [2.05, 4.69) is 81.8 Å². The highest BCUT2D eigenvalue weighted by molar-refractivity contribution is 6.11. The van der Waals surface area contributed by atoms with Gasteiger partial charge in [0.2, 0.25) is 5.91 Å². The lowest BCUT2D eigenvalue weighted by atomic mass is 9.92. The summed E-state index contributed by atoms with van der Waals surface area (Å²) in [6.07, 6.45) is 7.73. The molecular formula is C31H30N4O. The fraction of sp³-hybridized carbons (Fsp3) is 0.290. The number of hydrogen-bond acceptors (Lipinski definition) is 3. The second-order valence-corrected chi connectivity index (χ2v) is 10.6. The molecule has 1 saturated carbocycles. The van der Waals surface area contributed by atoms with Crippen molar-refractivity contribution in [1.29, 1.82) is 0 Å². The van der Waals surface area contributed by atoms with Crippen LogP contribution in [0, 0.1) is 0 Å². The number of carbonyl (C=O) groups excluding carboxylic acids is 1. The number of hydrogen-bond donors (Lipinski definition) is 1. The van der Waals surface area contributed by atoms with E-state index >= 15 is 0 Å². The quantitative estimate of drug-likeness (QED) is 0.402. The molecule has 2 unspecified atom stereocenters. The molecule has 36 heavy (non-hydrogen) atoms. The molecule has 1 N–H and O–H groups in total. The highest BCUT2D eigenvalue weighted by atomic mass is 16.2. The highest BCUT2D eigenvalue weighted by Gasteiger charge is 2.66. The fourth-order valence-electron chi connectivity index (χ4n) is 6.38. The van der Waals surface area contributed by atoms with Crippen molar-refractivity contribution in [3.63, 3.8) is 0 Å². The van der Waals surface area contributed by atoms with E-state index in [1.165, 1.54) is 48.2 Å². The lowest BCUT2D eigenvalue weighted by Gasteiger charge is -2.14. The Morgan fingerprint density at radius 2 is 1.83 bits per heavy atom. The summed E-state index contributed by atoms with van der Waals surface area (Å²) >= 11 is 0. The SMILES string of the molecule is CN1C(=O)C2(CC2c2ccc3c(C=Cc4ccc(CN5CCCC5)cc4)n[nH]c3c2)c2ccccc21. The first-order valence-corrected chi connectivity index (χ1v) is 13.0. The third kappa shape index (κ3) is 3.34. The number of nitrogens with one attached hydrogen (secondary N) is 1. The molecule has 180 valence electrons. The Morgan fingerprint density at radius 1 is 1.03 bits per heavy atom. The van der Waals surface area contributed by atoms with Gasteiger partial charge in [0.05, 0.1) is 16.6 Å². The number of H-pyrrole nitrogens is 1. The molecule has 1 aromatic heterocycles. The Morgan fingerprint density at radius 3 is 2.67 bits per heavy atom. The summed E-state index contributed by atoms with van der Waals surface area (Å²) in [4.78, 5) is 17.6. The van der Waals surface area contributed by atoms with Crippen molar-refractivity contribution >= 4 is 34.6 Å². The number of para-hydroxylation sites is 1. The van der Waals surface area contributed by atoms with Crippen LogP contribution in [0.25, 0.3) is 23.1 Å². The van der Waals surface area contributed by atoms with Crippen molar-refractivity contribution in [2.75, 3.05) is 25.0 Å². The second kappa shape index (κ2) is 8.17. The van der Waals surface area contributed by atoms with Crippen LogP contribution < -0.4 is 4.90 Å². The van der Waals surface area contributed by atoms with E-state index in [1.807, 2.05) is 24.1 Å². The number of nitrogens with zero attached hydrogens (tertiary/aromatic N) is 3. The Kier molecular flexibility index (Phi) is 4.90. The molecule has 1 saturated heterocycles. The molecule has 1 spiro atoms. The van der Waals surface area contributed by atoms with Gasteiger partial charge in [0.1, 0.15) is 0 Å². The van der Waals surface area contributed by atoms with Gasteiger partial charge in [-0.25, -0.2) is 0 Å². The lowest BCUT2D eigenvalue weighted by molar-refractivity contribution is -0.120. The fourth-order valence-corrected chi connectivity index (χ4v) is 6.38. The monoisotopic (exact) mass is 474 g/mol. The number of rotatable bonds is 5. The first-order chi connectivity index (χ1) is 17.6. The van der Waals surface area contributed by atoms with Crippen LogP contribution in [-0.2, 0) is 16.8 Å². The molecule has 0 bridgehead atoms. The van der Waals surface area contributed by atoms with E-state index in [0.29, 0.717) is 0 Å². The van der Waals surface area contributed by atoms with Crippen molar-refractivity contribution in [2.45, 2.75) is 37.1 Å². The van der Waals surface area contributed by atoms with Crippen LogP contribution in [0.2, 0.25) is 0 Å². The standard InChI is InChI=1S/C31H30N4O/c1-34-29-7-3-2-6-25(29)31(30(34)36)19-26(31)23-13-14-24-27(32-33-28(24)18-23)15-12-21-8-10-22(11-9-21)20-35-16-4-5-17-35/h2-3,6-15,18,26H,4-5,16-17,19-20H2,1H3,(H,32,33). The van der Waals surface area contributed by atoms with Crippen LogP contribution in [0.4, 0.5) is 5.69 Å². The number of aromatic amines is 1. The Labute approximate surface area is 211 Å². The lowest BCUT2D eigenvalue weighted by Crippen LogP contribution is -2.29. The number of carbonyl (C=O) groups is 1. The predicted molar refractivity (Wildman–Crippen MR) is 145 cm³/mol. The van der Waals surface area contributed by atoms with Gasteiger partial charge in [0, 0.05) is 30.6 Å². The van der Waals surface area contributed by atoms with Crippen molar-refractivity contribution in [1.82, 2.24) is 15.1 Å². The Bertz CT molecular complexity index is 1490. The van der Waals surface area contributed by atoms with Crippen LogP contribution in [-0.4, -0.2) is 41.1 Å². The third-order valence-electron chi connectivity index (χ3n) is 8.43. The molecule has 5 nitrogen and oxygen atoms in total. The van der Waals surface area contributed by atoms with Gasteiger partial charge in [-0.1, -0.05) is 60.7 Å². The van der Waals surface area contributed by atoms with E-state index in [4.69, 9.17) is 0 Å². The van der Waals surface area contributed by atoms with Crippen molar-refractivity contribution in [2.24, 2.45) is 0 Å². The van der Waals surface area contributed by atoms with E-state index in [-0.39, 0.29) is 11.8 Å². The van der Waals surface area contributed by atoms with E-state index in [0.717, 1.165) is 35.2 Å². The molecule has 2 atom stereocenters. The number of fused-ring (bicyclic) bond motifs is 3. The van der Waals surface area contributed by atoms with Gasteiger partial charge >= 0.3 is 0 Å². The van der Waals surface area contributed by atoms with Crippen LogP contribution in [0.5, 0.6) is 0 Å². The van der Waals surface area contributed by atoms with E-state index < -0.39 is 5.41 Å². The molecule has 1 aliphatic carbocycles. The largest absolute Gasteiger partial charge is 0.314 e. The van der Waals surface area contributed by atoms with Crippen molar-refractivity contribution in [3.05, 3.63) is 94.7 Å². The first-order valence-electron chi connectivity index (χ1n) is 13.0. The maximum Gasteiger partial charge on any atom is 0.238 e. The van der Waals surface area contributed by atoms with Crippen molar-refractivity contribution < 1.29 is 4.79 Å². The summed E-state index contributed by atoms with van der Waals surface area (Å²) in [5, 5.41) is 8.89. The third-order valence-corrected chi connectivity index (χ3v) is 8.43. The summed E-state index contributed by atoms with van der Waals surface area (Å²) < 4.78 is 0. The van der Waals surface area contributed by atoms with Gasteiger partial charge in [0.15, 0.2) is 0 Å². The van der Waals surface area contributed by atoms with Gasteiger partial charge < -0.3 is 4.90 Å². The average Bonchev–Trinajstić information content (AvgIpc) is 3.14. The van der Waals surface area contributed by atoms with E-state index in [1.54, 1.807) is 0 Å². The van der Waals surface area contributed by atoms with Gasteiger partial charge in [-0.15, -0.1) is 0 Å². The molecule has 0 radical (unpaired) electrons. The summed E-state index contributed by atoms with van der Waals surface area (Å²) in [7, 11) is 1.89. The number of amides is 1. The number of anilines is 1. The molecule has 1 amide bonds. The minimum Gasteiger partial charge on any atom is -0.314 e. The predicted octanol–water partition coefficient (Wildman–Crippen LogP) is 5.73. The van der Waals surface area contributed by atoms with Gasteiger partial charge in [0.25, 0.3) is 0 Å². The molecule has 7 rings (SSSR count). The topological polar surface area (TPSA) is 52.2 Å². The summed E-state index contributed by atoms with van der Waals surface area (Å²) in [6, 6.07) is 23.6. The van der Waals surface area contributed by atoms with Gasteiger partial charge in [-0.2, -0.15) is 5.10 Å². The second-order valence-electron chi connectivity index (χ2n) is 10.6. The van der Waals surface area contributed by atoms with Crippen LogP contribution in [0.1, 0.15) is 53.1 Å². The summed E-state index contributed by atoms with van der Waals surface area (Å²) in [6.45, 7) is 3.49. The highest BCUT2D eigenvalue weighted by Crippen LogP contribution is 2.66. The number of benzene rings is 3. The maximum atomic E-state index is 13.2. The normalized spacial score (nSPS) is 23.4. The Balaban J connectivity index is 1.10. The summed E-state index contributed by atoms with van der Waals surface area (Å²) in [5.41, 5.74) is 7.52. The van der Waals surface area contributed by atoms with Crippen LogP contribution in [0.15, 0.2) is 66.7 Å². The molecule has 3 heterocycles. The maximum absolute atomic E-state index is 13.2. The van der Waals surface area contributed by atoms with E-state index in [9.17, 15) is 4.79 Å². The molecule has 3 aliphatic rings. The molecular weight excluding hydrogens is 444 g/mol. The smallest absolute Gasteiger partial charge is 0.238 e. The zero-order valence-electron chi connectivity index (χ0n) is 20.6. The molecule has 2 fully saturated rings. The van der Waals surface area contributed by atoms with Gasteiger partial charge in [-0.3, -0.25) is 14.8 Å².